The molecule has 2 amide bonds. The van der Waals surface area contributed by atoms with Gasteiger partial charge in [0.25, 0.3) is 11.8 Å². The van der Waals surface area contributed by atoms with Crippen LogP contribution in [0.4, 0.5) is 0 Å². The third kappa shape index (κ3) is 3.06. The van der Waals surface area contributed by atoms with Crippen molar-refractivity contribution in [2.75, 3.05) is 6.54 Å². The molecule has 0 unspecified atom stereocenters. The Morgan fingerprint density at radius 1 is 1.28 bits per heavy atom. The molecule has 3 rings (SSSR count). The van der Waals surface area contributed by atoms with E-state index < -0.39 is 0 Å². The monoisotopic (exact) mass is 361 g/mol. The maximum Gasteiger partial charge on any atom is 0.259 e. The van der Waals surface area contributed by atoms with Gasteiger partial charge in [-0.15, -0.1) is 0 Å². The van der Waals surface area contributed by atoms with Gasteiger partial charge in [-0.1, -0.05) is 44.5 Å². The fourth-order valence-electron chi connectivity index (χ4n) is 4.17. The molecule has 6 heteroatoms. The van der Waals surface area contributed by atoms with Gasteiger partial charge in [0.1, 0.15) is 0 Å². The van der Waals surface area contributed by atoms with E-state index in [1.54, 1.807) is 24.3 Å². The van der Waals surface area contributed by atoms with Crippen molar-refractivity contribution in [3.63, 3.8) is 0 Å². The first kappa shape index (κ1) is 17.9. The second kappa shape index (κ2) is 6.45. The summed E-state index contributed by atoms with van der Waals surface area (Å²) in [7, 11) is 0. The molecule has 0 spiro atoms. The van der Waals surface area contributed by atoms with E-state index in [9.17, 15) is 9.59 Å². The zero-order valence-electron chi connectivity index (χ0n) is 14.9. The van der Waals surface area contributed by atoms with Gasteiger partial charge < -0.3 is 5.32 Å². The van der Waals surface area contributed by atoms with Crippen LogP contribution in [0.1, 0.15) is 50.4 Å². The highest BCUT2D eigenvalue weighted by molar-refractivity contribution is 6.33. The molecule has 2 aliphatic rings. The molecule has 2 aliphatic carbocycles. The van der Waals surface area contributed by atoms with Crippen molar-refractivity contribution in [2.45, 2.75) is 40.0 Å². The second-order valence-corrected chi connectivity index (χ2v) is 8.16. The highest BCUT2D eigenvalue weighted by Gasteiger charge is 2.59. The van der Waals surface area contributed by atoms with E-state index in [1.807, 2.05) is 0 Å². The Labute approximate surface area is 153 Å². The second-order valence-electron chi connectivity index (χ2n) is 7.75. The lowest BCUT2D eigenvalue weighted by Gasteiger charge is -2.34. The Hall–Kier alpha value is -1.88. The van der Waals surface area contributed by atoms with Gasteiger partial charge >= 0.3 is 0 Å². The van der Waals surface area contributed by atoms with E-state index >= 15 is 0 Å². The fraction of sp³-hybridized carbons (Fsp3) is 0.526. The standard InChI is InChI=1S/C19H24ClN3O2/c1-18(2)12-8-9-19(18,3)15(10-12)22-23-16(24)11-21-17(25)13-6-4-5-7-14(13)20/h4-7,12H,8-11H2,1-3H3,(H,21,25)(H,23,24)/b22-15+/t12-,19+/m1/s1. The van der Waals surface area contributed by atoms with Crippen molar-refractivity contribution in [3.05, 3.63) is 34.9 Å². The Bertz CT molecular complexity index is 744. The van der Waals surface area contributed by atoms with E-state index in [1.165, 1.54) is 6.42 Å². The third-order valence-corrected chi connectivity index (χ3v) is 6.69. The molecule has 25 heavy (non-hydrogen) atoms. The van der Waals surface area contributed by atoms with Gasteiger partial charge in [-0.25, -0.2) is 5.43 Å². The number of benzene rings is 1. The first-order chi connectivity index (χ1) is 11.8. The summed E-state index contributed by atoms with van der Waals surface area (Å²) >= 11 is 5.98. The molecule has 2 bridgehead atoms. The zero-order chi connectivity index (χ0) is 18.2. The van der Waals surface area contributed by atoms with E-state index in [0.29, 0.717) is 16.5 Å². The summed E-state index contributed by atoms with van der Waals surface area (Å²) in [5.41, 5.74) is 4.28. The lowest BCUT2D eigenvalue weighted by atomic mass is 9.70. The molecular weight excluding hydrogens is 338 g/mol. The first-order valence-electron chi connectivity index (χ1n) is 8.64. The number of hydrazone groups is 1. The maximum absolute atomic E-state index is 12.1. The molecule has 0 aromatic heterocycles. The van der Waals surface area contributed by atoms with Crippen molar-refractivity contribution < 1.29 is 9.59 Å². The normalized spacial score (nSPS) is 28.2. The minimum Gasteiger partial charge on any atom is -0.343 e. The summed E-state index contributed by atoms with van der Waals surface area (Å²) in [6, 6.07) is 6.73. The number of hydrogen-bond donors (Lipinski definition) is 2. The van der Waals surface area contributed by atoms with E-state index in [2.05, 4.69) is 36.6 Å². The van der Waals surface area contributed by atoms with Crippen LogP contribution in [0.5, 0.6) is 0 Å². The molecule has 134 valence electrons. The summed E-state index contributed by atoms with van der Waals surface area (Å²) in [6.07, 6.45) is 3.28. The molecule has 5 nitrogen and oxygen atoms in total. The van der Waals surface area contributed by atoms with Crippen molar-refractivity contribution in [2.24, 2.45) is 21.8 Å². The molecular formula is C19H24ClN3O2. The number of rotatable bonds is 4. The number of carbonyl (C=O) groups is 2. The number of carbonyl (C=O) groups excluding carboxylic acids is 2. The predicted molar refractivity (Wildman–Crippen MR) is 98.6 cm³/mol. The number of nitrogens with zero attached hydrogens (tertiary/aromatic N) is 1. The van der Waals surface area contributed by atoms with Gasteiger partial charge in [0.2, 0.25) is 0 Å². The lowest BCUT2D eigenvalue weighted by Crippen LogP contribution is -2.37. The van der Waals surface area contributed by atoms with Gasteiger partial charge in [0.15, 0.2) is 0 Å². The van der Waals surface area contributed by atoms with Crippen molar-refractivity contribution in [1.29, 1.82) is 0 Å². The maximum atomic E-state index is 12.1. The fourth-order valence-corrected chi connectivity index (χ4v) is 4.39. The largest absolute Gasteiger partial charge is 0.343 e. The van der Waals surface area contributed by atoms with Gasteiger partial charge in [0, 0.05) is 11.1 Å². The van der Waals surface area contributed by atoms with E-state index in [4.69, 9.17) is 11.6 Å². The average molecular weight is 362 g/mol. The molecule has 0 saturated heterocycles. The molecule has 1 aromatic rings. The van der Waals surface area contributed by atoms with Crippen LogP contribution in [0.3, 0.4) is 0 Å². The Morgan fingerprint density at radius 3 is 2.60 bits per heavy atom. The predicted octanol–water partition coefficient (Wildman–Crippen LogP) is 3.39. The van der Waals surface area contributed by atoms with Gasteiger partial charge in [-0.2, -0.15) is 5.10 Å². The third-order valence-electron chi connectivity index (χ3n) is 6.36. The summed E-state index contributed by atoms with van der Waals surface area (Å²) < 4.78 is 0. The van der Waals surface area contributed by atoms with Gasteiger partial charge in [-0.05, 0) is 42.7 Å². The molecule has 2 fully saturated rings. The van der Waals surface area contributed by atoms with Crippen LogP contribution in [0.2, 0.25) is 5.02 Å². The van der Waals surface area contributed by atoms with Gasteiger partial charge in [-0.3, -0.25) is 9.59 Å². The molecule has 2 saturated carbocycles. The summed E-state index contributed by atoms with van der Waals surface area (Å²) in [5.74, 6) is -0.0772. The Morgan fingerprint density at radius 2 is 2.00 bits per heavy atom. The molecule has 2 atom stereocenters. The molecule has 2 N–H and O–H groups in total. The van der Waals surface area contributed by atoms with Crippen LogP contribution in [0.15, 0.2) is 29.4 Å². The molecule has 0 aliphatic heterocycles. The van der Waals surface area contributed by atoms with Crippen LogP contribution in [-0.2, 0) is 4.79 Å². The van der Waals surface area contributed by atoms with Crippen LogP contribution in [0, 0.1) is 16.7 Å². The quantitative estimate of drug-likeness (QED) is 0.807. The van der Waals surface area contributed by atoms with Crippen molar-refractivity contribution >= 4 is 29.1 Å². The van der Waals surface area contributed by atoms with Gasteiger partial charge in [0.05, 0.1) is 17.1 Å². The number of halogens is 1. The first-order valence-corrected chi connectivity index (χ1v) is 9.02. The minimum absolute atomic E-state index is 0.0474. The number of fused-ring (bicyclic) bond motifs is 2. The van der Waals surface area contributed by atoms with Crippen molar-refractivity contribution in [1.82, 2.24) is 10.7 Å². The smallest absolute Gasteiger partial charge is 0.259 e. The number of hydrogen-bond acceptors (Lipinski definition) is 3. The topological polar surface area (TPSA) is 70.6 Å². The number of nitrogens with one attached hydrogen (secondary N) is 2. The molecule has 1 aromatic carbocycles. The van der Waals surface area contributed by atoms with Crippen LogP contribution in [-0.4, -0.2) is 24.1 Å². The van der Waals surface area contributed by atoms with Crippen molar-refractivity contribution in [3.8, 4) is 0 Å². The summed E-state index contributed by atoms with van der Waals surface area (Å²) in [5, 5.41) is 7.31. The zero-order valence-corrected chi connectivity index (χ0v) is 15.6. The van der Waals surface area contributed by atoms with E-state index in [0.717, 1.165) is 18.6 Å². The average Bonchev–Trinajstić information content (AvgIpc) is 2.91. The Kier molecular flexibility index (Phi) is 4.62. The summed E-state index contributed by atoms with van der Waals surface area (Å²) in [4.78, 5) is 24.1. The Balaban J connectivity index is 1.56. The minimum atomic E-state index is -0.374. The van der Waals surface area contributed by atoms with Crippen LogP contribution >= 0.6 is 11.6 Å². The van der Waals surface area contributed by atoms with Crippen LogP contribution in [0.25, 0.3) is 0 Å². The van der Waals surface area contributed by atoms with Crippen LogP contribution < -0.4 is 10.7 Å². The molecule has 0 radical (unpaired) electrons. The van der Waals surface area contributed by atoms with E-state index in [-0.39, 0.29) is 29.2 Å². The highest BCUT2D eigenvalue weighted by Crippen LogP contribution is 2.63. The lowest BCUT2D eigenvalue weighted by molar-refractivity contribution is -0.120. The molecule has 0 heterocycles. The summed E-state index contributed by atoms with van der Waals surface area (Å²) in [6.45, 7) is 6.69. The SMILES string of the molecule is CC1(C)[C@@H]2CC[C@@]1(C)/C(=N/NC(=O)CNC(=O)c1ccccc1Cl)C2. The number of amides is 2. The highest BCUT2D eigenvalue weighted by atomic mass is 35.5.